The second-order valence-electron chi connectivity index (χ2n) is 5.52. The Kier molecular flexibility index (Phi) is 5.78. The highest BCUT2D eigenvalue weighted by Gasteiger charge is 2.28. The Bertz CT molecular complexity index is 551. The molecule has 0 bridgehead atoms. The Morgan fingerprint density at radius 2 is 1.81 bits per heavy atom. The molecule has 1 aromatic carbocycles. The lowest BCUT2D eigenvalue weighted by atomic mass is 9.82. The van der Waals surface area contributed by atoms with Crippen LogP contribution in [0.15, 0.2) is 16.6 Å². The minimum atomic E-state index is -0.923. The first-order valence-corrected chi connectivity index (χ1v) is 7.16. The molecule has 0 amide bonds. The van der Waals surface area contributed by atoms with Crippen molar-refractivity contribution in [2.45, 2.75) is 26.7 Å². The third-order valence-electron chi connectivity index (χ3n) is 3.03. The zero-order chi connectivity index (χ0) is 16.2. The Hall–Kier alpha value is -1.56. The molecule has 0 radical (unpaired) electrons. The quantitative estimate of drug-likeness (QED) is 0.754. The van der Waals surface area contributed by atoms with Gasteiger partial charge in [-0.15, -0.1) is 0 Å². The summed E-state index contributed by atoms with van der Waals surface area (Å²) in [6.07, 6.45) is 0.0371. The van der Waals surface area contributed by atoms with Crippen molar-refractivity contribution in [2.75, 3.05) is 14.2 Å². The van der Waals surface area contributed by atoms with Crippen LogP contribution in [0.25, 0.3) is 0 Å². The highest BCUT2D eigenvalue weighted by atomic mass is 79.9. The number of carbonyl (C=O) groups excluding carboxylic acids is 1. The van der Waals surface area contributed by atoms with Gasteiger partial charge >= 0.3 is 5.97 Å². The van der Waals surface area contributed by atoms with E-state index < -0.39 is 11.4 Å². The summed E-state index contributed by atoms with van der Waals surface area (Å²) in [5, 5.41) is 8.89. The van der Waals surface area contributed by atoms with Crippen molar-refractivity contribution in [2.24, 2.45) is 5.41 Å². The van der Waals surface area contributed by atoms with E-state index in [1.807, 2.05) is 0 Å². The van der Waals surface area contributed by atoms with Crippen LogP contribution in [-0.4, -0.2) is 31.1 Å². The van der Waals surface area contributed by atoms with Crippen LogP contribution in [0, 0.1) is 5.41 Å². The number of aliphatic carboxylic acids is 1. The lowest BCUT2D eigenvalue weighted by molar-refractivity contribution is -0.139. The number of benzene rings is 1. The molecule has 0 atom stereocenters. The van der Waals surface area contributed by atoms with Crippen molar-refractivity contribution < 1.29 is 24.2 Å². The molecule has 0 heterocycles. The molecule has 21 heavy (non-hydrogen) atoms. The molecular weight excluding hydrogens is 340 g/mol. The maximum Gasteiger partial charge on any atom is 0.303 e. The van der Waals surface area contributed by atoms with E-state index in [0.29, 0.717) is 21.5 Å². The van der Waals surface area contributed by atoms with E-state index in [0.717, 1.165) is 0 Å². The number of hydrogen-bond donors (Lipinski definition) is 1. The number of methoxy groups -OCH3 is 2. The van der Waals surface area contributed by atoms with Crippen molar-refractivity contribution in [1.29, 1.82) is 0 Å². The molecule has 0 aliphatic heterocycles. The Labute approximate surface area is 132 Å². The van der Waals surface area contributed by atoms with Crippen LogP contribution in [0.5, 0.6) is 11.5 Å². The monoisotopic (exact) mass is 358 g/mol. The van der Waals surface area contributed by atoms with Crippen molar-refractivity contribution in [3.63, 3.8) is 0 Å². The van der Waals surface area contributed by atoms with Gasteiger partial charge in [-0.3, -0.25) is 9.59 Å². The molecule has 6 heteroatoms. The molecule has 116 valence electrons. The van der Waals surface area contributed by atoms with Gasteiger partial charge in [0.05, 0.1) is 26.2 Å². The molecular formula is C15H19BrO5. The van der Waals surface area contributed by atoms with E-state index in [4.69, 9.17) is 14.6 Å². The fourth-order valence-electron chi connectivity index (χ4n) is 2.10. The second-order valence-corrected chi connectivity index (χ2v) is 6.38. The largest absolute Gasteiger partial charge is 0.497 e. The normalized spacial score (nSPS) is 11.1. The highest BCUT2D eigenvalue weighted by Crippen LogP contribution is 2.36. The molecule has 0 aromatic heterocycles. The zero-order valence-electron chi connectivity index (χ0n) is 12.5. The molecule has 0 saturated heterocycles. The molecule has 5 nitrogen and oxygen atoms in total. The van der Waals surface area contributed by atoms with Crippen molar-refractivity contribution >= 4 is 27.7 Å². The van der Waals surface area contributed by atoms with Gasteiger partial charge < -0.3 is 14.6 Å². The topological polar surface area (TPSA) is 72.8 Å². The average molecular weight is 359 g/mol. The lowest BCUT2D eigenvalue weighted by Crippen LogP contribution is -2.21. The first kappa shape index (κ1) is 17.5. The molecule has 1 rings (SSSR count). The summed E-state index contributed by atoms with van der Waals surface area (Å²) < 4.78 is 10.9. The van der Waals surface area contributed by atoms with Crippen molar-refractivity contribution in [3.05, 3.63) is 22.2 Å². The van der Waals surface area contributed by atoms with Crippen molar-refractivity contribution in [1.82, 2.24) is 0 Å². The van der Waals surface area contributed by atoms with E-state index in [1.54, 1.807) is 26.0 Å². The van der Waals surface area contributed by atoms with E-state index >= 15 is 0 Å². The Morgan fingerprint density at radius 3 is 2.29 bits per heavy atom. The number of hydrogen-bond acceptors (Lipinski definition) is 4. The summed E-state index contributed by atoms with van der Waals surface area (Å²) in [5.74, 6) is -0.126. The third kappa shape index (κ3) is 4.74. The first-order chi connectivity index (χ1) is 9.70. The standard InChI is InChI=1S/C15H19BrO5/c1-15(2,8-13(18)19)7-11(17)14-10(16)5-9(20-3)6-12(14)21-4/h5-6H,7-8H2,1-4H3,(H,18,19). The van der Waals surface area contributed by atoms with Gasteiger partial charge in [-0.05, 0) is 27.4 Å². The smallest absolute Gasteiger partial charge is 0.303 e. The summed E-state index contributed by atoms with van der Waals surface area (Å²) in [6.45, 7) is 3.51. The fourth-order valence-corrected chi connectivity index (χ4v) is 2.74. The second kappa shape index (κ2) is 6.93. The number of carbonyl (C=O) groups is 2. The van der Waals surface area contributed by atoms with E-state index in [-0.39, 0.29) is 18.6 Å². The van der Waals surface area contributed by atoms with Gasteiger partial charge in [0.1, 0.15) is 11.5 Å². The fraction of sp³-hybridized carbons (Fsp3) is 0.467. The number of ketones is 1. The SMILES string of the molecule is COc1cc(Br)c(C(=O)CC(C)(C)CC(=O)O)c(OC)c1. The van der Waals surface area contributed by atoms with Gasteiger partial charge in [-0.25, -0.2) is 0 Å². The van der Waals surface area contributed by atoms with Gasteiger partial charge in [-0.2, -0.15) is 0 Å². The maximum atomic E-state index is 12.5. The maximum absolute atomic E-state index is 12.5. The molecule has 0 fully saturated rings. The number of halogens is 1. The van der Waals surface area contributed by atoms with Gasteiger partial charge in [0, 0.05) is 17.0 Å². The number of rotatable bonds is 7. The summed E-state index contributed by atoms with van der Waals surface area (Å²) in [6, 6.07) is 3.31. The Morgan fingerprint density at radius 1 is 1.19 bits per heavy atom. The molecule has 0 saturated carbocycles. The predicted molar refractivity (Wildman–Crippen MR) is 82.2 cm³/mol. The number of carboxylic acids is 1. The highest BCUT2D eigenvalue weighted by molar-refractivity contribution is 9.10. The summed E-state index contributed by atoms with van der Waals surface area (Å²) in [5.41, 5.74) is -0.232. The minimum absolute atomic E-state index is 0.0746. The Balaban J connectivity index is 3.10. The van der Waals surface area contributed by atoms with Gasteiger partial charge in [0.15, 0.2) is 5.78 Å². The van der Waals surface area contributed by atoms with Crippen molar-refractivity contribution in [3.8, 4) is 11.5 Å². The van der Waals surface area contributed by atoms with Crippen LogP contribution in [-0.2, 0) is 4.79 Å². The molecule has 0 aliphatic rings. The molecule has 1 N–H and O–H groups in total. The lowest BCUT2D eigenvalue weighted by Gasteiger charge is -2.22. The first-order valence-electron chi connectivity index (χ1n) is 6.36. The minimum Gasteiger partial charge on any atom is -0.497 e. The van der Waals surface area contributed by atoms with Crippen LogP contribution in [0.2, 0.25) is 0 Å². The van der Waals surface area contributed by atoms with Gasteiger partial charge in [0.2, 0.25) is 0 Å². The summed E-state index contributed by atoms with van der Waals surface area (Å²) in [7, 11) is 3.00. The van der Waals surface area contributed by atoms with E-state index in [2.05, 4.69) is 15.9 Å². The van der Waals surface area contributed by atoms with E-state index in [1.165, 1.54) is 14.2 Å². The number of ether oxygens (including phenoxy) is 2. The van der Waals surface area contributed by atoms with Crippen LogP contribution in [0.3, 0.4) is 0 Å². The molecule has 0 spiro atoms. The van der Waals surface area contributed by atoms with Gasteiger partial charge in [0.25, 0.3) is 0 Å². The third-order valence-corrected chi connectivity index (χ3v) is 3.66. The van der Waals surface area contributed by atoms with E-state index in [9.17, 15) is 9.59 Å². The summed E-state index contributed by atoms with van der Waals surface area (Å²) in [4.78, 5) is 23.3. The van der Waals surface area contributed by atoms with Crippen LogP contribution in [0.1, 0.15) is 37.0 Å². The van der Waals surface area contributed by atoms with Gasteiger partial charge in [-0.1, -0.05) is 13.8 Å². The van der Waals surface area contributed by atoms with Crippen LogP contribution in [0.4, 0.5) is 0 Å². The van der Waals surface area contributed by atoms with Crippen LogP contribution < -0.4 is 9.47 Å². The summed E-state index contributed by atoms with van der Waals surface area (Å²) >= 11 is 3.34. The number of Topliss-reactive ketones (excluding diaryl/α,β-unsaturated/α-hetero) is 1. The average Bonchev–Trinajstić information content (AvgIpc) is 2.34. The van der Waals surface area contributed by atoms with Crippen LogP contribution >= 0.6 is 15.9 Å². The molecule has 0 aliphatic carbocycles. The molecule has 1 aromatic rings. The number of carboxylic acid groups (broad SMARTS) is 1. The zero-order valence-corrected chi connectivity index (χ0v) is 14.1. The molecule has 0 unspecified atom stereocenters. The predicted octanol–water partition coefficient (Wildman–Crippen LogP) is 3.54.